The normalized spacial score (nSPS) is 10.7. The highest BCUT2D eigenvalue weighted by atomic mass is 19.1. The van der Waals surface area contributed by atoms with Crippen LogP contribution in [0.3, 0.4) is 0 Å². The number of carboxylic acids is 1. The monoisotopic (exact) mass is 312 g/mol. The summed E-state index contributed by atoms with van der Waals surface area (Å²) in [6.07, 6.45) is 0. The number of benzene rings is 2. The fourth-order valence-electron chi connectivity index (χ4n) is 2.33. The summed E-state index contributed by atoms with van der Waals surface area (Å²) in [4.78, 5) is 11.4. The van der Waals surface area contributed by atoms with Crippen LogP contribution in [0.15, 0.2) is 48.5 Å². The van der Waals surface area contributed by atoms with Crippen LogP contribution in [-0.4, -0.2) is 26.1 Å². The molecule has 3 rings (SSSR count). The van der Waals surface area contributed by atoms with E-state index in [0.717, 1.165) is 0 Å². The lowest BCUT2D eigenvalue weighted by Gasteiger charge is -2.09. The maximum absolute atomic E-state index is 13.8. The van der Waals surface area contributed by atoms with Crippen molar-refractivity contribution in [2.75, 3.05) is 5.73 Å². The van der Waals surface area contributed by atoms with E-state index in [9.17, 15) is 14.3 Å². The first-order chi connectivity index (χ1) is 11.1. The number of aromatic carboxylic acids is 1. The third-order valence-electron chi connectivity index (χ3n) is 3.38. The van der Waals surface area contributed by atoms with Gasteiger partial charge < -0.3 is 10.8 Å². The molecule has 0 atom stereocenters. The quantitative estimate of drug-likeness (QED) is 0.721. The highest BCUT2D eigenvalue weighted by molar-refractivity contribution is 5.92. The van der Waals surface area contributed by atoms with Crippen molar-refractivity contribution in [2.45, 2.75) is 6.54 Å². The first kappa shape index (κ1) is 14.7. The van der Waals surface area contributed by atoms with E-state index in [2.05, 4.69) is 10.3 Å². The first-order valence-corrected chi connectivity index (χ1v) is 6.82. The van der Waals surface area contributed by atoms with Gasteiger partial charge in [-0.1, -0.05) is 35.5 Å². The minimum absolute atomic E-state index is 0.0666. The number of nitrogens with two attached hydrogens (primary N) is 1. The van der Waals surface area contributed by atoms with Crippen LogP contribution >= 0.6 is 0 Å². The van der Waals surface area contributed by atoms with E-state index in [0.29, 0.717) is 16.8 Å². The summed E-state index contributed by atoms with van der Waals surface area (Å²) < 4.78 is 15.2. The average molecular weight is 312 g/mol. The molecule has 0 unspecified atom stereocenters. The van der Waals surface area contributed by atoms with Gasteiger partial charge in [-0.25, -0.2) is 13.9 Å². The lowest BCUT2D eigenvalue weighted by molar-refractivity contribution is 0.0691. The van der Waals surface area contributed by atoms with Gasteiger partial charge in [-0.3, -0.25) is 0 Å². The van der Waals surface area contributed by atoms with E-state index >= 15 is 0 Å². The van der Waals surface area contributed by atoms with Crippen LogP contribution in [0.4, 0.5) is 10.1 Å². The molecule has 2 aromatic carbocycles. The number of nitrogen functional groups attached to an aromatic ring is 1. The Labute approximate surface area is 131 Å². The predicted molar refractivity (Wildman–Crippen MR) is 82.3 cm³/mol. The molecule has 0 aliphatic rings. The second-order valence-electron chi connectivity index (χ2n) is 4.97. The van der Waals surface area contributed by atoms with Gasteiger partial charge in [0.05, 0.1) is 6.54 Å². The van der Waals surface area contributed by atoms with Crippen LogP contribution in [-0.2, 0) is 6.54 Å². The highest BCUT2D eigenvalue weighted by Crippen LogP contribution is 2.25. The van der Waals surface area contributed by atoms with Crippen LogP contribution in [0.5, 0.6) is 0 Å². The Balaban J connectivity index is 2.11. The van der Waals surface area contributed by atoms with Crippen LogP contribution < -0.4 is 5.73 Å². The van der Waals surface area contributed by atoms with Crippen LogP contribution in [0, 0.1) is 5.82 Å². The van der Waals surface area contributed by atoms with Gasteiger partial charge in [-0.2, -0.15) is 0 Å². The van der Waals surface area contributed by atoms with Crippen molar-refractivity contribution >= 4 is 11.7 Å². The summed E-state index contributed by atoms with van der Waals surface area (Å²) in [7, 11) is 0. The molecule has 0 amide bonds. The van der Waals surface area contributed by atoms with Crippen LogP contribution in [0.1, 0.15) is 16.1 Å². The number of carboxylic acid groups (broad SMARTS) is 1. The minimum Gasteiger partial charge on any atom is -0.476 e. The molecule has 23 heavy (non-hydrogen) atoms. The molecule has 0 spiro atoms. The van der Waals surface area contributed by atoms with E-state index in [1.165, 1.54) is 10.7 Å². The highest BCUT2D eigenvalue weighted by Gasteiger charge is 2.21. The van der Waals surface area contributed by atoms with Gasteiger partial charge in [0.25, 0.3) is 0 Å². The van der Waals surface area contributed by atoms with E-state index in [1.807, 2.05) is 0 Å². The van der Waals surface area contributed by atoms with Crippen molar-refractivity contribution < 1.29 is 14.3 Å². The summed E-state index contributed by atoms with van der Waals surface area (Å²) in [5.74, 6) is -1.60. The van der Waals surface area contributed by atoms with Gasteiger partial charge in [0, 0.05) is 16.8 Å². The fourth-order valence-corrected chi connectivity index (χ4v) is 2.33. The summed E-state index contributed by atoms with van der Waals surface area (Å²) in [6, 6.07) is 13.0. The Morgan fingerprint density at radius 3 is 2.70 bits per heavy atom. The Bertz CT molecular complexity index is 876. The van der Waals surface area contributed by atoms with Gasteiger partial charge in [0.15, 0.2) is 5.69 Å². The Kier molecular flexibility index (Phi) is 3.76. The van der Waals surface area contributed by atoms with Gasteiger partial charge in [0.2, 0.25) is 0 Å². The first-order valence-electron chi connectivity index (χ1n) is 6.82. The number of hydrogen-bond acceptors (Lipinski definition) is 4. The molecule has 116 valence electrons. The fraction of sp³-hybridized carbons (Fsp3) is 0.0625. The Morgan fingerprint density at radius 2 is 2.00 bits per heavy atom. The summed E-state index contributed by atoms with van der Waals surface area (Å²) in [6.45, 7) is 0.0666. The number of aromatic nitrogens is 3. The number of hydrogen-bond donors (Lipinski definition) is 2. The molecule has 0 aliphatic heterocycles. The largest absolute Gasteiger partial charge is 0.476 e. The lowest BCUT2D eigenvalue weighted by atomic mass is 10.1. The number of rotatable bonds is 4. The zero-order valence-electron chi connectivity index (χ0n) is 12.0. The van der Waals surface area contributed by atoms with Crippen molar-refractivity contribution in [3.8, 4) is 11.3 Å². The third-order valence-corrected chi connectivity index (χ3v) is 3.38. The van der Waals surface area contributed by atoms with Crippen molar-refractivity contribution in [2.24, 2.45) is 0 Å². The van der Waals surface area contributed by atoms with Crippen molar-refractivity contribution in [3.63, 3.8) is 0 Å². The second-order valence-corrected chi connectivity index (χ2v) is 4.97. The van der Waals surface area contributed by atoms with Gasteiger partial charge in [-0.05, 0) is 18.2 Å². The maximum atomic E-state index is 13.8. The van der Waals surface area contributed by atoms with E-state index in [-0.39, 0.29) is 17.9 Å². The van der Waals surface area contributed by atoms with E-state index in [1.54, 1.807) is 42.5 Å². The average Bonchev–Trinajstić information content (AvgIpc) is 2.93. The van der Waals surface area contributed by atoms with E-state index < -0.39 is 11.8 Å². The molecule has 1 heterocycles. The number of halogens is 1. The molecule has 0 saturated carbocycles. The minimum atomic E-state index is -1.21. The Hall–Kier alpha value is -3.22. The summed E-state index contributed by atoms with van der Waals surface area (Å²) in [5, 5.41) is 16.9. The van der Waals surface area contributed by atoms with E-state index in [4.69, 9.17) is 5.73 Å². The molecule has 0 bridgehead atoms. The lowest BCUT2D eigenvalue weighted by Crippen LogP contribution is -2.07. The molecule has 3 aromatic rings. The predicted octanol–water partition coefficient (Wildman–Crippen LogP) is 2.41. The zero-order chi connectivity index (χ0) is 16.4. The molecular formula is C16H13FN4O2. The van der Waals surface area contributed by atoms with Crippen molar-refractivity contribution in [3.05, 3.63) is 65.6 Å². The topological polar surface area (TPSA) is 94.0 Å². The number of anilines is 1. The summed E-state index contributed by atoms with van der Waals surface area (Å²) in [5.41, 5.74) is 7.27. The molecule has 7 heteroatoms. The second kappa shape index (κ2) is 5.88. The zero-order valence-corrected chi connectivity index (χ0v) is 12.0. The molecular weight excluding hydrogens is 299 g/mol. The number of nitrogens with zero attached hydrogens (tertiary/aromatic N) is 3. The molecule has 0 fully saturated rings. The maximum Gasteiger partial charge on any atom is 0.358 e. The third kappa shape index (κ3) is 2.89. The molecule has 0 saturated heterocycles. The molecule has 6 nitrogen and oxygen atoms in total. The van der Waals surface area contributed by atoms with Gasteiger partial charge in [-0.15, -0.1) is 5.10 Å². The van der Waals surface area contributed by atoms with Crippen molar-refractivity contribution in [1.82, 2.24) is 15.0 Å². The Morgan fingerprint density at radius 1 is 1.22 bits per heavy atom. The van der Waals surface area contributed by atoms with Crippen LogP contribution in [0.25, 0.3) is 11.3 Å². The standard InChI is InChI=1S/C16H13FN4O2/c17-13-7-2-1-4-11(13)9-21-15(14(16(22)23)19-20-21)10-5-3-6-12(18)8-10/h1-8H,9,18H2,(H,22,23). The van der Waals surface area contributed by atoms with Crippen molar-refractivity contribution in [1.29, 1.82) is 0 Å². The molecule has 0 radical (unpaired) electrons. The molecule has 0 aliphatic carbocycles. The molecule has 3 N–H and O–H groups in total. The number of carbonyl (C=O) groups is 1. The summed E-state index contributed by atoms with van der Waals surface area (Å²) >= 11 is 0. The van der Waals surface area contributed by atoms with Gasteiger partial charge in [0.1, 0.15) is 11.5 Å². The van der Waals surface area contributed by atoms with Gasteiger partial charge >= 0.3 is 5.97 Å². The smallest absolute Gasteiger partial charge is 0.358 e. The SMILES string of the molecule is Nc1cccc(-c2c(C(=O)O)nnn2Cc2ccccc2F)c1. The molecule has 1 aromatic heterocycles. The van der Waals surface area contributed by atoms with Crippen LogP contribution in [0.2, 0.25) is 0 Å².